The molecule has 2 aromatic heterocycles. The SMILES string of the molecule is Cn1cc(-c2cc(C=O)c(F)cn2)cn1. The summed E-state index contributed by atoms with van der Waals surface area (Å²) in [5.74, 6) is -0.613. The number of halogens is 1. The number of aryl methyl sites for hydroxylation is 1. The molecule has 0 unspecified atom stereocenters. The lowest BCUT2D eigenvalue weighted by Gasteiger charge is -1.98. The second-order valence-corrected chi connectivity index (χ2v) is 3.11. The largest absolute Gasteiger partial charge is 0.298 e. The standard InChI is InChI=1S/C10H8FN3O/c1-14-5-8(3-13-14)10-2-7(6-15)9(11)4-12-10/h2-6H,1H3. The Bertz CT molecular complexity index is 507. The van der Waals surface area contributed by atoms with Crippen molar-refractivity contribution in [3.05, 3.63) is 36.0 Å². The Kier molecular flexibility index (Phi) is 2.29. The molecular weight excluding hydrogens is 197 g/mol. The summed E-state index contributed by atoms with van der Waals surface area (Å²) in [6.07, 6.45) is 4.85. The Morgan fingerprint density at radius 2 is 2.27 bits per heavy atom. The first kappa shape index (κ1) is 9.51. The number of pyridine rings is 1. The zero-order chi connectivity index (χ0) is 10.8. The monoisotopic (exact) mass is 205 g/mol. The van der Waals surface area contributed by atoms with Crippen LogP contribution in [0.5, 0.6) is 0 Å². The highest BCUT2D eigenvalue weighted by Crippen LogP contribution is 2.17. The van der Waals surface area contributed by atoms with E-state index in [1.807, 2.05) is 0 Å². The molecule has 0 fully saturated rings. The Balaban J connectivity index is 2.50. The van der Waals surface area contributed by atoms with Crippen molar-refractivity contribution in [3.63, 3.8) is 0 Å². The van der Waals surface area contributed by atoms with Crippen LogP contribution in [0.15, 0.2) is 24.7 Å². The molecule has 0 atom stereocenters. The van der Waals surface area contributed by atoms with Crippen LogP contribution in [0.25, 0.3) is 11.3 Å². The van der Waals surface area contributed by atoms with E-state index in [0.29, 0.717) is 12.0 Å². The van der Waals surface area contributed by atoms with Crippen LogP contribution in [0.3, 0.4) is 0 Å². The molecule has 5 heteroatoms. The van der Waals surface area contributed by atoms with E-state index < -0.39 is 5.82 Å². The van der Waals surface area contributed by atoms with E-state index >= 15 is 0 Å². The van der Waals surface area contributed by atoms with Gasteiger partial charge in [-0.05, 0) is 6.07 Å². The van der Waals surface area contributed by atoms with Crippen molar-refractivity contribution in [2.45, 2.75) is 0 Å². The van der Waals surface area contributed by atoms with Gasteiger partial charge in [0.15, 0.2) is 12.1 Å². The maximum absolute atomic E-state index is 13.0. The first-order chi connectivity index (χ1) is 7.20. The topological polar surface area (TPSA) is 47.8 Å². The zero-order valence-electron chi connectivity index (χ0n) is 8.01. The van der Waals surface area contributed by atoms with Crippen molar-refractivity contribution in [3.8, 4) is 11.3 Å². The van der Waals surface area contributed by atoms with Gasteiger partial charge in [-0.25, -0.2) is 4.39 Å². The van der Waals surface area contributed by atoms with Crippen LogP contribution in [0.2, 0.25) is 0 Å². The molecule has 15 heavy (non-hydrogen) atoms. The molecular formula is C10H8FN3O. The van der Waals surface area contributed by atoms with Gasteiger partial charge in [0.1, 0.15) is 0 Å². The van der Waals surface area contributed by atoms with Gasteiger partial charge in [0.25, 0.3) is 0 Å². The minimum absolute atomic E-state index is 0.00357. The molecule has 2 aromatic rings. The van der Waals surface area contributed by atoms with E-state index in [4.69, 9.17) is 0 Å². The second-order valence-electron chi connectivity index (χ2n) is 3.11. The van der Waals surface area contributed by atoms with Gasteiger partial charge in [-0.3, -0.25) is 14.5 Å². The first-order valence-corrected chi connectivity index (χ1v) is 4.30. The van der Waals surface area contributed by atoms with Crippen LogP contribution < -0.4 is 0 Å². The highest BCUT2D eigenvalue weighted by atomic mass is 19.1. The summed E-state index contributed by atoms with van der Waals surface area (Å²) in [7, 11) is 1.77. The van der Waals surface area contributed by atoms with Gasteiger partial charge in [-0.2, -0.15) is 5.10 Å². The van der Waals surface area contributed by atoms with E-state index in [2.05, 4.69) is 10.1 Å². The summed E-state index contributed by atoms with van der Waals surface area (Å²) in [6, 6.07) is 1.40. The molecule has 2 heterocycles. The lowest BCUT2D eigenvalue weighted by Crippen LogP contribution is -1.91. The number of rotatable bonds is 2. The maximum atomic E-state index is 13.0. The molecule has 0 N–H and O–H groups in total. The molecule has 0 saturated carbocycles. The van der Waals surface area contributed by atoms with E-state index in [1.165, 1.54) is 6.07 Å². The van der Waals surface area contributed by atoms with E-state index in [1.54, 1.807) is 24.1 Å². The Hall–Kier alpha value is -2.04. The van der Waals surface area contributed by atoms with Crippen molar-refractivity contribution < 1.29 is 9.18 Å². The Labute approximate surface area is 85.4 Å². The van der Waals surface area contributed by atoms with E-state index in [0.717, 1.165) is 11.8 Å². The molecule has 4 nitrogen and oxygen atoms in total. The third-order valence-electron chi connectivity index (χ3n) is 2.01. The van der Waals surface area contributed by atoms with Crippen LogP contribution in [0.1, 0.15) is 10.4 Å². The van der Waals surface area contributed by atoms with Gasteiger partial charge in [0.2, 0.25) is 0 Å². The minimum Gasteiger partial charge on any atom is -0.298 e. The third-order valence-corrected chi connectivity index (χ3v) is 2.01. The molecule has 2 rings (SSSR count). The minimum atomic E-state index is -0.613. The Morgan fingerprint density at radius 3 is 2.87 bits per heavy atom. The van der Waals surface area contributed by atoms with Crippen molar-refractivity contribution in [1.82, 2.24) is 14.8 Å². The summed E-state index contributed by atoms with van der Waals surface area (Å²) in [6.45, 7) is 0. The van der Waals surface area contributed by atoms with Crippen molar-refractivity contribution in [1.29, 1.82) is 0 Å². The lowest BCUT2D eigenvalue weighted by atomic mass is 10.2. The highest BCUT2D eigenvalue weighted by Gasteiger charge is 2.06. The molecule has 76 valence electrons. The number of carbonyl (C=O) groups is 1. The number of aromatic nitrogens is 3. The third kappa shape index (κ3) is 1.76. The molecule has 0 spiro atoms. The quantitative estimate of drug-likeness (QED) is 0.697. The van der Waals surface area contributed by atoms with Crippen molar-refractivity contribution >= 4 is 6.29 Å². The average molecular weight is 205 g/mol. The van der Waals surface area contributed by atoms with E-state index in [-0.39, 0.29) is 5.56 Å². The maximum Gasteiger partial charge on any atom is 0.153 e. The summed E-state index contributed by atoms with van der Waals surface area (Å²) in [5.41, 5.74) is 1.29. The number of hydrogen-bond acceptors (Lipinski definition) is 3. The van der Waals surface area contributed by atoms with Crippen molar-refractivity contribution in [2.75, 3.05) is 0 Å². The van der Waals surface area contributed by atoms with Gasteiger partial charge >= 0.3 is 0 Å². The summed E-state index contributed by atoms with van der Waals surface area (Å²) < 4.78 is 14.6. The van der Waals surface area contributed by atoms with Crippen LogP contribution in [-0.2, 0) is 7.05 Å². The average Bonchev–Trinajstić information content (AvgIpc) is 2.66. The van der Waals surface area contributed by atoms with Crippen LogP contribution in [0, 0.1) is 5.82 Å². The molecule has 0 bridgehead atoms. The smallest absolute Gasteiger partial charge is 0.153 e. The number of aldehydes is 1. The summed E-state index contributed by atoms with van der Waals surface area (Å²) >= 11 is 0. The zero-order valence-corrected chi connectivity index (χ0v) is 8.01. The number of hydrogen-bond donors (Lipinski definition) is 0. The number of carbonyl (C=O) groups excluding carboxylic acids is 1. The van der Waals surface area contributed by atoms with Gasteiger partial charge in [-0.1, -0.05) is 0 Å². The summed E-state index contributed by atoms with van der Waals surface area (Å²) in [5, 5.41) is 3.97. The molecule has 0 aliphatic carbocycles. The van der Waals surface area contributed by atoms with Gasteiger partial charge < -0.3 is 0 Å². The predicted octanol–water partition coefficient (Wildman–Crippen LogP) is 1.43. The molecule has 0 radical (unpaired) electrons. The Morgan fingerprint density at radius 1 is 1.47 bits per heavy atom. The lowest BCUT2D eigenvalue weighted by molar-refractivity contribution is 0.111. The van der Waals surface area contributed by atoms with Crippen LogP contribution in [-0.4, -0.2) is 21.1 Å². The summed E-state index contributed by atoms with van der Waals surface area (Å²) in [4.78, 5) is 14.4. The predicted molar refractivity (Wildman–Crippen MR) is 51.8 cm³/mol. The van der Waals surface area contributed by atoms with Crippen LogP contribution in [0.4, 0.5) is 4.39 Å². The van der Waals surface area contributed by atoms with Gasteiger partial charge in [-0.15, -0.1) is 0 Å². The van der Waals surface area contributed by atoms with E-state index in [9.17, 15) is 9.18 Å². The fourth-order valence-corrected chi connectivity index (χ4v) is 1.26. The molecule has 0 aliphatic heterocycles. The molecule has 0 saturated heterocycles. The fourth-order valence-electron chi connectivity index (χ4n) is 1.26. The van der Waals surface area contributed by atoms with Crippen LogP contribution >= 0.6 is 0 Å². The first-order valence-electron chi connectivity index (χ1n) is 4.30. The van der Waals surface area contributed by atoms with Gasteiger partial charge in [0.05, 0.1) is 23.7 Å². The normalized spacial score (nSPS) is 10.3. The fraction of sp³-hybridized carbons (Fsp3) is 0.100. The number of nitrogens with zero attached hydrogens (tertiary/aromatic N) is 3. The molecule has 0 aliphatic rings. The molecule has 0 amide bonds. The van der Waals surface area contributed by atoms with Gasteiger partial charge in [0, 0.05) is 18.8 Å². The highest BCUT2D eigenvalue weighted by molar-refractivity contribution is 5.77. The van der Waals surface area contributed by atoms with Crippen molar-refractivity contribution in [2.24, 2.45) is 7.05 Å². The second kappa shape index (κ2) is 3.61. The molecule has 0 aromatic carbocycles.